The summed E-state index contributed by atoms with van der Waals surface area (Å²) < 4.78 is 0. The molecule has 0 saturated heterocycles. The Morgan fingerprint density at radius 3 is 2.38 bits per heavy atom. The minimum absolute atomic E-state index is 0.497. The van der Waals surface area contributed by atoms with E-state index in [2.05, 4.69) is 24.0 Å². The number of hydrogen-bond donors (Lipinski definition) is 0. The average molecular weight is 236 g/mol. The molecule has 1 fully saturated rings. The number of benzene rings is 1. The molecule has 2 rings (SSSR count). The molecule has 1 aliphatic rings. The van der Waals surface area contributed by atoms with Crippen LogP contribution in [-0.4, -0.2) is 5.17 Å². The fourth-order valence-corrected chi connectivity index (χ4v) is 2.49. The maximum atomic E-state index is 6.28. The lowest BCUT2D eigenvalue weighted by molar-refractivity contribution is 0.443. The molecular weight excluding hydrogens is 218 g/mol. The van der Waals surface area contributed by atoms with Crippen LogP contribution in [0.2, 0.25) is 0 Å². The molecule has 1 aromatic rings. The van der Waals surface area contributed by atoms with E-state index >= 15 is 0 Å². The van der Waals surface area contributed by atoms with E-state index in [1.54, 1.807) is 0 Å². The lowest BCUT2D eigenvalue weighted by atomic mass is 9.90. The molecular formula is C14H18ClN. The lowest BCUT2D eigenvalue weighted by Crippen LogP contribution is -2.12. The first-order chi connectivity index (χ1) is 7.75. The third-order valence-electron chi connectivity index (χ3n) is 3.21. The van der Waals surface area contributed by atoms with Gasteiger partial charge in [0.1, 0.15) is 5.17 Å². The summed E-state index contributed by atoms with van der Waals surface area (Å²) in [6.45, 7) is 2.08. The largest absolute Gasteiger partial charge is 0.241 e. The van der Waals surface area contributed by atoms with Gasteiger partial charge in [0, 0.05) is 5.92 Å². The fourth-order valence-electron chi connectivity index (χ4n) is 2.17. The summed E-state index contributed by atoms with van der Waals surface area (Å²) in [5, 5.41) is 0.795. The quantitative estimate of drug-likeness (QED) is 0.651. The number of aryl methyl sites for hydroxylation is 1. The van der Waals surface area contributed by atoms with Crippen LogP contribution in [0.15, 0.2) is 29.3 Å². The highest BCUT2D eigenvalue weighted by Gasteiger charge is 2.17. The van der Waals surface area contributed by atoms with E-state index in [0.717, 1.165) is 10.9 Å². The van der Waals surface area contributed by atoms with Crippen molar-refractivity contribution in [2.24, 2.45) is 10.9 Å². The van der Waals surface area contributed by atoms with Crippen LogP contribution in [0.25, 0.3) is 0 Å². The maximum Gasteiger partial charge on any atom is 0.110 e. The number of nitrogens with zero attached hydrogens (tertiary/aromatic N) is 1. The Morgan fingerprint density at radius 2 is 1.75 bits per heavy atom. The van der Waals surface area contributed by atoms with Gasteiger partial charge in [-0.15, -0.1) is 0 Å². The van der Waals surface area contributed by atoms with Gasteiger partial charge in [-0.2, -0.15) is 0 Å². The van der Waals surface area contributed by atoms with Gasteiger partial charge in [-0.1, -0.05) is 48.6 Å². The van der Waals surface area contributed by atoms with Crippen molar-refractivity contribution in [3.8, 4) is 0 Å². The first-order valence-corrected chi connectivity index (χ1v) is 6.44. The number of halogens is 1. The van der Waals surface area contributed by atoms with Gasteiger partial charge in [-0.25, -0.2) is 4.99 Å². The summed E-state index contributed by atoms with van der Waals surface area (Å²) in [6, 6.07) is 8.20. The van der Waals surface area contributed by atoms with Crippen LogP contribution in [0.3, 0.4) is 0 Å². The second-order valence-corrected chi connectivity index (χ2v) is 4.99. The highest BCUT2D eigenvalue weighted by atomic mass is 35.5. The van der Waals surface area contributed by atoms with Crippen molar-refractivity contribution in [3.63, 3.8) is 0 Å². The molecule has 0 unspecified atom stereocenters. The zero-order valence-electron chi connectivity index (χ0n) is 9.75. The molecule has 2 heteroatoms. The second-order valence-electron chi connectivity index (χ2n) is 4.61. The van der Waals surface area contributed by atoms with Crippen LogP contribution in [0, 0.1) is 12.8 Å². The number of rotatable bonds is 2. The van der Waals surface area contributed by atoms with Crippen molar-refractivity contribution in [1.82, 2.24) is 0 Å². The summed E-state index contributed by atoms with van der Waals surface area (Å²) in [5.41, 5.74) is 2.23. The molecule has 0 bridgehead atoms. The maximum absolute atomic E-state index is 6.28. The van der Waals surface area contributed by atoms with Gasteiger partial charge in [0.15, 0.2) is 0 Å². The number of aliphatic imine (C=N–C) groups is 1. The van der Waals surface area contributed by atoms with Crippen LogP contribution < -0.4 is 0 Å². The Labute approximate surface area is 103 Å². The molecule has 0 amide bonds. The zero-order chi connectivity index (χ0) is 11.4. The minimum Gasteiger partial charge on any atom is -0.241 e. The molecule has 0 heterocycles. The molecule has 0 spiro atoms. The van der Waals surface area contributed by atoms with Crippen molar-refractivity contribution < 1.29 is 0 Å². The molecule has 0 aromatic heterocycles. The summed E-state index contributed by atoms with van der Waals surface area (Å²) in [5.74, 6) is 0.497. The van der Waals surface area contributed by atoms with Crippen molar-refractivity contribution in [3.05, 3.63) is 29.8 Å². The normalized spacial score (nSPS) is 18.8. The van der Waals surface area contributed by atoms with E-state index < -0.39 is 0 Å². The van der Waals surface area contributed by atoms with Crippen LogP contribution in [0.4, 0.5) is 5.69 Å². The molecule has 16 heavy (non-hydrogen) atoms. The summed E-state index contributed by atoms with van der Waals surface area (Å²) in [6.07, 6.45) is 6.35. The van der Waals surface area contributed by atoms with Gasteiger partial charge >= 0.3 is 0 Å². The van der Waals surface area contributed by atoms with E-state index in [9.17, 15) is 0 Å². The first-order valence-electron chi connectivity index (χ1n) is 6.06. The third-order valence-corrected chi connectivity index (χ3v) is 3.61. The van der Waals surface area contributed by atoms with Crippen LogP contribution in [0.1, 0.15) is 37.7 Å². The van der Waals surface area contributed by atoms with Gasteiger partial charge in [0.2, 0.25) is 0 Å². The fraction of sp³-hybridized carbons (Fsp3) is 0.500. The topological polar surface area (TPSA) is 12.4 Å². The Balaban J connectivity index is 2.07. The van der Waals surface area contributed by atoms with Crippen LogP contribution in [-0.2, 0) is 0 Å². The van der Waals surface area contributed by atoms with Gasteiger partial charge in [-0.05, 0) is 31.9 Å². The summed E-state index contributed by atoms with van der Waals surface area (Å²) in [4.78, 5) is 4.51. The first kappa shape index (κ1) is 11.7. The molecule has 0 N–H and O–H groups in total. The molecule has 1 aliphatic carbocycles. The monoisotopic (exact) mass is 235 g/mol. The van der Waals surface area contributed by atoms with Crippen molar-refractivity contribution >= 4 is 22.5 Å². The average Bonchev–Trinajstić information content (AvgIpc) is 2.33. The van der Waals surface area contributed by atoms with E-state index in [4.69, 9.17) is 11.6 Å². The van der Waals surface area contributed by atoms with Crippen molar-refractivity contribution in [2.75, 3.05) is 0 Å². The Hall–Kier alpha value is -0.820. The zero-order valence-corrected chi connectivity index (χ0v) is 10.5. The molecule has 1 aromatic carbocycles. The van der Waals surface area contributed by atoms with Crippen LogP contribution >= 0.6 is 11.6 Å². The standard InChI is InChI=1S/C14H18ClN/c1-11-7-9-13(10-8-11)16-14(15)12-5-3-2-4-6-12/h7-10,12H,2-6H2,1H3. The predicted molar refractivity (Wildman–Crippen MR) is 70.7 cm³/mol. The predicted octanol–water partition coefficient (Wildman–Crippen LogP) is 4.84. The minimum atomic E-state index is 0.497. The Bertz CT molecular complexity index is 361. The number of hydrogen-bond acceptors (Lipinski definition) is 1. The highest BCUT2D eigenvalue weighted by Crippen LogP contribution is 2.28. The van der Waals surface area contributed by atoms with Gasteiger partial charge in [-0.3, -0.25) is 0 Å². The van der Waals surface area contributed by atoms with Gasteiger partial charge < -0.3 is 0 Å². The van der Waals surface area contributed by atoms with E-state index in [-0.39, 0.29) is 0 Å². The van der Waals surface area contributed by atoms with Gasteiger partial charge in [0.05, 0.1) is 5.69 Å². The summed E-state index contributed by atoms with van der Waals surface area (Å²) >= 11 is 6.28. The SMILES string of the molecule is Cc1ccc(N=C(Cl)C2CCCCC2)cc1. The molecule has 0 aliphatic heterocycles. The van der Waals surface area contributed by atoms with Crippen LogP contribution in [0.5, 0.6) is 0 Å². The van der Waals surface area contributed by atoms with E-state index in [1.807, 2.05) is 12.1 Å². The Kier molecular flexibility index (Phi) is 4.00. The smallest absolute Gasteiger partial charge is 0.110 e. The third kappa shape index (κ3) is 3.08. The highest BCUT2D eigenvalue weighted by molar-refractivity contribution is 6.66. The lowest BCUT2D eigenvalue weighted by Gasteiger charge is -2.19. The molecule has 86 valence electrons. The Morgan fingerprint density at radius 1 is 1.12 bits per heavy atom. The second kappa shape index (κ2) is 5.49. The van der Waals surface area contributed by atoms with Crippen molar-refractivity contribution in [1.29, 1.82) is 0 Å². The summed E-state index contributed by atoms with van der Waals surface area (Å²) in [7, 11) is 0. The molecule has 1 nitrogen and oxygen atoms in total. The van der Waals surface area contributed by atoms with E-state index in [0.29, 0.717) is 5.92 Å². The van der Waals surface area contributed by atoms with Gasteiger partial charge in [0.25, 0.3) is 0 Å². The van der Waals surface area contributed by atoms with E-state index in [1.165, 1.54) is 37.7 Å². The molecule has 1 saturated carbocycles. The molecule has 0 radical (unpaired) electrons. The van der Waals surface area contributed by atoms with Crippen molar-refractivity contribution in [2.45, 2.75) is 39.0 Å². The molecule has 0 atom stereocenters.